The molecule has 0 bridgehead atoms. The number of ether oxygens (including phenoxy) is 1. The van der Waals surface area contributed by atoms with E-state index in [0.717, 1.165) is 0 Å². The molecule has 0 aromatic heterocycles. The van der Waals surface area contributed by atoms with Crippen molar-refractivity contribution in [2.75, 3.05) is 0 Å². The van der Waals surface area contributed by atoms with Crippen molar-refractivity contribution in [1.82, 2.24) is 0 Å². The lowest BCUT2D eigenvalue weighted by Crippen LogP contribution is -2.15. The van der Waals surface area contributed by atoms with Gasteiger partial charge in [0.05, 0.1) is 16.6 Å². The highest BCUT2D eigenvalue weighted by atomic mass is 16.6. The van der Waals surface area contributed by atoms with Gasteiger partial charge >= 0.3 is 0 Å². The van der Waals surface area contributed by atoms with E-state index in [4.69, 9.17) is 15.7 Å². The zero-order chi connectivity index (χ0) is 14.5. The molecule has 0 unspecified atom stereocenters. The number of benzene rings is 2. The minimum Gasteiger partial charge on any atom is -0.457 e. The predicted octanol–water partition coefficient (Wildman–Crippen LogP) is 2.48. The molecule has 0 radical (unpaired) electrons. The van der Waals surface area contributed by atoms with Crippen LogP contribution in [0.2, 0.25) is 0 Å². The quantitative estimate of drug-likeness (QED) is 0.292. The molecule has 0 atom stereocenters. The summed E-state index contributed by atoms with van der Waals surface area (Å²) in [6.45, 7) is 0. The molecular weight excluding hydrogens is 262 g/mol. The zero-order valence-electron chi connectivity index (χ0n) is 10.3. The van der Waals surface area contributed by atoms with Gasteiger partial charge in [-0.3, -0.25) is 10.1 Å². The number of nitrogens with two attached hydrogens (primary N) is 1. The Kier molecular flexibility index (Phi) is 3.80. The molecule has 7 nitrogen and oxygen atoms in total. The molecule has 2 aromatic carbocycles. The summed E-state index contributed by atoms with van der Waals surface area (Å²) in [5, 5.41) is 22.4. The van der Waals surface area contributed by atoms with Gasteiger partial charge in [-0.2, -0.15) is 0 Å². The summed E-state index contributed by atoms with van der Waals surface area (Å²) in [6, 6.07) is 13.0. The van der Waals surface area contributed by atoms with Crippen molar-refractivity contribution < 1.29 is 14.9 Å². The summed E-state index contributed by atoms with van der Waals surface area (Å²) >= 11 is 0. The largest absolute Gasteiger partial charge is 0.457 e. The average molecular weight is 273 g/mol. The Morgan fingerprint density at radius 1 is 1.20 bits per heavy atom. The van der Waals surface area contributed by atoms with Crippen molar-refractivity contribution in [3.8, 4) is 11.5 Å². The lowest BCUT2D eigenvalue weighted by Gasteiger charge is -2.07. The van der Waals surface area contributed by atoms with Gasteiger partial charge in [0.2, 0.25) is 0 Å². The van der Waals surface area contributed by atoms with Gasteiger partial charge in [0.25, 0.3) is 5.69 Å². The van der Waals surface area contributed by atoms with Crippen molar-refractivity contribution in [2.24, 2.45) is 10.9 Å². The maximum absolute atomic E-state index is 11.0. The van der Waals surface area contributed by atoms with E-state index in [2.05, 4.69) is 5.16 Å². The van der Waals surface area contributed by atoms with Gasteiger partial charge < -0.3 is 15.7 Å². The van der Waals surface area contributed by atoms with Gasteiger partial charge in [-0.05, 0) is 24.3 Å². The molecule has 0 aliphatic heterocycles. The molecule has 0 aliphatic carbocycles. The van der Waals surface area contributed by atoms with E-state index in [9.17, 15) is 10.1 Å². The first-order chi connectivity index (χ1) is 9.61. The minimum absolute atomic E-state index is 0.0258. The molecule has 0 saturated carbocycles. The monoisotopic (exact) mass is 273 g/mol. The third-order valence-corrected chi connectivity index (χ3v) is 2.53. The van der Waals surface area contributed by atoms with Crippen LogP contribution in [0.15, 0.2) is 53.7 Å². The second kappa shape index (κ2) is 5.70. The number of oxime groups is 1. The van der Waals surface area contributed by atoms with E-state index in [1.807, 2.05) is 6.07 Å². The van der Waals surface area contributed by atoms with Crippen LogP contribution < -0.4 is 10.5 Å². The van der Waals surface area contributed by atoms with Crippen LogP contribution in [0.25, 0.3) is 0 Å². The fourth-order valence-electron chi connectivity index (χ4n) is 1.62. The van der Waals surface area contributed by atoms with Gasteiger partial charge in [-0.25, -0.2) is 0 Å². The summed E-state index contributed by atoms with van der Waals surface area (Å²) in [5.74, 6) is 0.513. The van der Waals surface area contributed by atoms with E-state index in [1.54, 1.807) is 24.3 Å². The van der Waals surface area contributed by atoms with Crippen LogP contribution in [-0.2, 0) is 0 Å². The number of nitro groups is 1. The molecule has 0 amide bonds. The molecule has 102 valence electrons. The van der Waals surface area contributed by atoms with Crippen LogP contribution >= 0.6 is 0 Å². The van der Waals surface area contributed by atoms with Crippen molar-refractivity contribution in [1.29, 1.82) is 0 Å². The molecule has 7 heteroatoms. The van der Waals surface area contributed by atoms with Crippen LogP contribution in [0.5, 0.6) is 11.5 Å². The smallest absolute Gasteiger partial charge is 0.284 e. The van der Waals surface area contributed by atoms with Gasteiger partial charge in [-0.15, -0.1) is 0 Å². The first-order valence-electron chi connectivity index (χ1n) is 5.61. The van der Waals surface area contributed by atoms with Crippen molar-refractivity contribution in [2.45, 2.75) is 0 Å². The second-order valence-electron chi connectivity index (χ2n) is 3.84. The first kappa shape index (κ1) is 13.3. The normalized spacial score (nSPS) is 11.1. The molecule has 0 saturated heterocycles. The highest BCUT2D eigenvalue weighted by Gasteiger charge is 2.18. The van der Waals surface area contributed by atoms with Gasteiger partial charge in [0.1, 0.15) is 11.5 Å². The maximum Gasteiger partial charge on any atom is 0.284 e. The van der Waals surface area contributed by atoms with Crippen LogP contribution in [0.1, 0.15) is 5.56 Å². The van der Waals surface area contributed by atoms with Crippen molar-refractivity contribution in [3.05, 3.63) is 64.2 Å². The number of para-hydroxylation sites is 1. The summed E-state index contributed by atoms with van der Waals surface area (Å²) in [6.07, 6.45) is 0. The Bertz CT molecular complexity index is 656. The average Bonchev–Trinajstić information content (AvgIpc) is 2.47. The third kappa shape index (κ3) is 2.83. The van der Waals surface area contributed by atoms with E-state index in [0.29, 0.717) is 5.75 Å². The number of amidine groups is 1. The number of rotatable bonds is 4. The topological polar surface area (TPSA) is 111 Å². The molecule has 0 heterocycles. The highest BCUT2D eigenvalue weighted by Crippen LogP contribution is 2.28. The summed E-state index contributed by atoms with van der Waals surface area (Å²) < 4.78 is 5.49. The number of hydrogen-bond acceptors (Lipinski definition) is 5. The van der Waals surface area contributed by atoms with E-state index in [-0.39, 0.29) is 22.8 Å². The van der Waals surface area contributed by atoms with E-state index in [1.165, 1.54) is 18.2 Å². The Hall–Kier alpha value is -3.09. The van der Waals surface area contributed by atoms with Gasteiger partial charge in [-0.1, -0.05) is 23.4 Å². The van der Waals surface area contributed by atoms with Crippen molar-refractivity contribution in [3.63, 3.8) is 0 Å². The summed E-state index contributed by atoms with van der Waals surface area (Å²) in [7, 11) is 0. The molecule has 20 heavy (non-hydrogen) atoms. The van der Waals surface area contributed by atoms with Gasteiger partial charge in [0.15, 0.2) is 5.84 Å². The molecule has 0 spiro atoms. The molecule has 0 fully saturated rings. The van der Waals surface area contributed by atoms with E-state index >= 15 is 0 Å². The Morgan fingerprint density at radius 3 is 2.50 bits per heavy atom. The third-order valence-electron chi connectivity index (χ3n) is 2.53. The fourth-order valence-corrected chi connectivity index (χ4v) is 1.62. The van der Waals surface area contributed by atoms with Crippen LogP contribution in [-0.4, -0.2) is 16.0 Å². The SMILES string of the molecule is NC(=NO)c1ccc(Oc2ccccc2)cc1[N+](=O)[O-]. The number of nitro benzene ring substituents is 1. The summed E-state index contributed by atoms with van der Waals surface area (Å²) in [4.78, 5) is 10.4. The van der Waals surface area contributed by atoms with Gasteiger partial charge in [0, 0.05) is 0 Å². The molecule has 3 N–H and O–H groups in total. The van der Waals surface area contributed by atoms with Crippen LogP contribution in [0, 0.1) is 10.1 Å². The highest BCUT2D eigenvalue weighted by molar-refractivity contribution is 6.00. The lowest BCUT2D eigenvalue weighted by molar-refractivity contribution is -0.385. The maximum atomic E-state index is 11.0. The first-order valence-corrected chi connectivity index (χ1v) is 5.61. The Morgan fingerprint density at radius 2 is 1.90 bits per heavy atom. The van der Waals surface area contributed by atoms with Crippen LogP contribution in [0.3, 0.4) is 0 Å². The van der Waals surface area contributed by atoms with Crippen LogP contribution in [0.4, 0.5) is 5.69 Å². The fraction of sp³-hybridized carbons (Fsp3) is 0. The molecule has 0 aliphatic rings. The second-order valence-corrected chi connectivity index (χ2v) is 3.84. The predicted molar refractivity (Wildman–Crippen MR) is 72.1 cm³/mol. The standard InChI is InChI=1S/C13H11N3O4/c14-13(15-17)11-7-6-10(8-12(11)16(18)19)20-9-4-2-1-3-5-9/h1-8,17H,(H2,14,15). The molecule has 2 rings (SSSR count). The summed E-state index contributed by atoms with van der Waals surface area (Å²) in [5.41, 5.74) is 5.12. The Labute approximate surface area is 114 Å². The molecule has 2 aromatic rings. The Balaban J connectivity index is 2.38. The number of hydrogen-bond donors (Lipinski definition) is 2. The minimum atomic E-state index is -0.620. The number of nitrogens with zero attached hydrogens (tertiary/aromatic N) is 2. The molecular formula is C13H11N3O4. The van der Waals surface area contributed by atoms with Crippen molar-refractivity contribution >= 4 is 11.5 Å². The lowest BCUT2D eigenvalue weighted by atomic mass is 10.1. The zero-order valence-corrected chi connectivity index (χ0v) is 10.3. The van der Waals surface area contributed by atoms with E-state index < -0.39 is 4.92 Å².